The van der Waals surface area contributed by atoms with E-state index in [-0.39, 0.29) is 11.7 Å². The molecular weight excluding hydrogens is 404 g/mol. The van der Waals surface area contributed by atoms with Gasteiger partial charge in [0, 0.05) is 59.3 Å². The second-order valence-corrected chi connectivity index (χ2v) is 9.01. The molecule has 1 fully saturated rings. The summed E-state index contributed by atoms with van der Waals surface area (Å²) in [6.45, 7) is 3.24. The van der Waals surface area contributed by atoms with E-state index in [2.05, 4.69) is 14.5 Å². The fourth-order valence-electron chi connectivity index (χ4n) is 4.43. The monoisotopic (exact) mass is 436 g/mol. The Labute approximate surface area is 189 Å². The number of esters is 1. The highest BCUT2D eigenvalue weighted by Gasteiger charge is 2.35. The van der Waals surface area contributed by atoms with Gasteiger partial charge in [0.05, 0.1) is 17.7 Å². The zero-order valence-electron chi connectivity index (χ0n) is 19.6. The van der Waals surface area contributed by atoms with Gasteiger partial charge in [-0.05, 0) is 60.1 Å². The summed E-state index contributed by atoms with van der Waals surface area (Å²) in [5, 5.41) is 12.2. The number of phenolic OH excluding ortho intramolecular Hbond substituents is 1. The number of carbonyl (C=O) groups excluding carboxylic acids is 1. The molecule has 3 aromatic rings. The SMILES string of the molecule is CCOC(=O)c1c(CN(C)C)n(C2CC2)c2cc(-c3cccnc3)c(O)c(CN(C)C)c12. The summed E-state index contributed by atoms with van der Waals surface area (Å²) in [4.78, 5) is 21.6. The molecule has 1 aliphatic rings. The number of benzene rings is 1. The first-order valence-corrected chi connectivity index (χ1v) is 11.1. The van der Waals surface area contributed by atoms with Crippen LogP contribution in [-0.4, -0.2) is 65.2 Å². The number of aromatic nitrogens is 2. The van der Waals surface area contributed by atoms with Crippen molar-refractivity contribution in [3.8, 4) is 16.9 Å². The third-order valence-corrected chi connectivity index (χ3v) is 5.77. The van der Waals surface area contributed by atoms with Gasteiger partial charge < -0.3 is 24.2 Å². The maximum Gasteiger partial charge on any atom is 0.340 e. The summed E-state index contributed by atoms with van der Waals surface area (Å²) in [5.74, 6) is -0.142. The van der Waals surface area contributed by atoms with E-state index in [0.717, 1.165) is 46.1 Å². The van der Waals surface area contributed by atoms with Crippen molar-refractivity contribution in [2.24, 2.45) is 0 Å². The van der Waals surface area contributed by atoms with Crippen LogP contribution in [0, 0.1) is 0 Å². The fourth-order valence-corrected chi connectivity index (χ4v) is 4.43. The average Bonchev–Trinajstić information content (AvgIpc) is 3.52. The lowest BCUT2D eigenvalue weighted by Crippen LogP contribution is -2.18. The number of hydrogen-bond donors (Lipinski definition) is 1. The maximum absolute atomic E-state index is 13.3. The van der Waals surface area contributed by atoms with E-state index < -0.39 is 0 Å². The van der Waals surface area contributed by atoms with Gasteiger partial charge in [0.2, 0.25) is 0 Å². The van der Waals surface area contributed by atoms with E-state index >= 15 is 0 Å². The maximum atomic E-state index is 13.3. The Kier molecular flexibility index (Phi) is 6.22. The highest BCUT2D eigenvalue weighted by Crippen LogP contribution is 2.47. The van der Waals surface area contributed by atoms with Gasteiger partial charge in [-0.15, -0.1) is 0 Å². The van der Waals surface area contributed by atoms with Crippen LogP contribution >= 0.6 is 0 Å². The zero-order valence-corrected chi connectivity index (χ0v) is 19.6. The number of fused-ring (bicyclic) bond motifs is 1. The molecule has 1 aliphatic carbocycles. The number of hydrogen-bond acceptors (Lipinski definition) is 6. The van der Waals surface area contributed by atoms with Crippen molar-refractivity contribution in [1.82, 2.24) is 19.4 Å². The lowest BCUT2D eigenvalue weighted by molar-refractivity contribution is 0.0526. The average molecular weight is 437 g/mol. The highest BCUT2D eigenvalue weighted by atomic mass is 16.5. The summed E-state index contributed by atoms with van der Waals surface area (Å²) in [6.07, 6.45) is 5.65. The van der Waals surface area contributed by atoms with E-state index in [1.165, 1.54) is 0 Å². The number of nitrogens with zero attached hydrogens (tertiary/aromatic N) is 4. The van der Waals surface area contributed by atoms with Crippen LogP contribution in [0.3, 0.4) is 0 Å². The van der Waals surface area contributed by atoms with E-state index in [9.17, 15) is 9.90 Å². The van der Waals surface area contributed by atoms with E-state index in [0.29, 0.717) is 31.3 Å². The van der Waals surface area contributed by atoms with Crippen LogP contribution in [0.25, 0.3) is 22.0 Å². The Bertz CT molecular complexity index is 1130. The van der Waals surface area contributed by atoms with Gasteiger partial charge in [-0.25, -0.2) is 4.79 Å². The molecule has 1 N–H and O–H groups in total. The topological polar surface area (TPSA) is 70.8 Å². The van der Waals surface area contributed by atoms with Gasteiger partial charge >= 0.3 is 5.97 Å². The molecule has 1 aromatic carbocycles. The third kappa shape index (κ3) is 4.10. The van der Waals surface area contributed by atoms with Crippen molar-refractivity contribution in [3.63, 3.8) is 0 Å². The lowest BCUT2D eigenvalue weighted by atomic mass is 9.96. The van der Waals surface area contributed by atoms with Gasteiger partial charge in [-0.1, -0.05) is 6.07 Å². The van der Waals surface area contributed by atoms with Crippen LogP contribution in [0.1, 0.15) is 47.4 Å². The molecule has 7 heteroatoms. The number of pyridine rings is 1. The van der Waals surface area contributed by atoms with E-state index in [1.807, 2.05) is 58.2 Å². The summed E-state index contributed by atoms with van der Waals surface area (Å²) in [7, 11) is 7.93. The van der Waals surface area contributed by atoms with Crippen molar-refractivity contribution in [2.75, 3.05) is 34.8 Å². The summed E-state index contributed by atoms with van der Waals surface area (Å²) in [6, 6.07) is 6.19. The van der Waals surface area contributed by atoms with Crippen molar-refractivity contribution in [1.29, 1.82) is 0 Å². The quantitative estimate of drug-likeness (QED) is 0.538. The van der Waals surface area contributed by atoms with Crippen LogP contribution < -0.4 is 0 Å². The van der Waals surface area contributed by atoms with Crippen LogP contribution in [0.2, 0.25) is 0 Å². The molecule has 0 unspecified atom stereocenters. The predicted molar refractivity (Wildman–Crippen MR) is 126 cm³/mol. The van der Waals surface area contributed by atoms with Gasteiger partial charge in [-0.2, -0.15) is 0 Å². The molecule has 1 saturated carbocycles. The van der Waals surface area contributed by atoms with Gasteiger partial charge in [0.25, 0.3) is 0 Å². The van der Waals surface area contributed by atoms with E-state index in [4.69, 9.17) is 4.74 Å². The molecular formula is C25H32N4O3. The molecule has 170 valence electrons. The van der Waals surface area contributed by atoms with Crippen molar-refractivity contribution < 1.29 is 14.6 Å². The van der Waals surface area contributed by atoms with Crippen molar-refractivity contribution in [2.45, 2.75) is 38.9 Å². The summed E-state index contributed by atoms with van der Waals surface area (Å²) >= 11 is 0. The zero-order chi connectivity index (χ0) is 23.0. The van der Waals surface area contributed by atoms with Crippen LogP contribution in [-0.2, 0) is 17.8 Å². The Morgan fingerprint density at radius 3 is 2.50 bits per heavy atom. The summed E-state index contributed by atoms with van der Waals surface area (Å²) < 4.78 is 7.82. The molecule has 0 bridgehead atoms. The van der Waals surface area contributed by atoms with Gasteiger partial charge in [-0.3, -0.25) is 4.98 Å². The number of carbonyl (C=O) groups is 1. The molecule has 4 rings (SSSR count). The Morgan fingerprint density at radius 1 is 1.22 bits per heavy atom. The first kappa shape index (κ1) is 22.3. The minimum Gasteiger partial charge on any atom is -0.507 e. The number of rotatable bonds is 8. The molecule has 0 saturated heterocycles. The Balaban J connectivity index is 2.12. The van der Waals surface area contributed by atoms with Gasteiger partial charge in [0.15, 0.2) is 0 Å². The predicted octanol–water partition coefficient (Wildman–Crippen LogP) is 4.04. The molecule has 0 aliphatic heterocycles. The van der Waals surface area contributed by atoms with Crippen LogP contribution in [0.5, 0.6) is 5.75 Å². The Morgan fingerprint density at radius 2 is 1.94 bits per heavy atom. The third-order valence-electron chi connectivity index (χ3n) is 5.77. The van der Waals surface area contributed by atoms with Crippen molar-refractivity contribution in [3.05, 3.63) is 47.4 Å². The van der Waals surface area contributed by atoms with Crippen LogP contribution in [0.15, 0.2) is 30.6 Å². The molecule has 7 nitrogen and oxygen atoms in total. The molecule has 2 heterocycles. The number of phenols is 1. The minimum absolute atomic E-state index is 0.189. The first-order valence-electron chi connectivity index (χ1n) is 11.1. The minimum atomic E-state index is -0.331. The molecule has 0 amide bonds. The van der Waals surface area contributed by atoms with Gasteiger partial charge in [0.1, 0.15) is 5.75 Å². The molecule has 0 spiro atoms. The number of ether oxygens (including phenoxy) is 1. The molecule has 0 radical (unpaired) electrons. The smallest absolute Gasteiger partial charge is 0.340 e. The molecule has 32 heavy (non-hydrogen) atoms. The second kappa shape index (κ2) is 8.92. The van der Waals surface area contributed by atoms with Crippen molar-refractivity contribution >= 4 is 16.9 Å². The molecule has 0 atom stereocenters. The fraction of sp³-hybridized carbons (Fsp3) is 0.440. The second-order valence-electron chi connectivity index (χ2n) is 9.01. The normalized spacial score (nSPS) is 14.0. The summed E-state index contributed by atoms with van der Waals surface area (Å²) in [5.41, 5.74) is 4.83. The highest BCUT2D eigenvalue weighted by molar-refractivity contribution is 6.09. The van der Waals surface area contributed by atoms with Crippen LogP contribution in [0.4, 0.5) is 0 Å². The Hall–Kier alpha value is -2.90. The standard InChI is InChI=1S/C25H32N4O3/c1-6-32-25(31)23-21(15-28(4)5)29(17-9-10-17)20-12-18(16-8-7-11-26-13-16)24(30)19(22(20)23)14-27(2)3/h7-8,11-13,17,30H,6,9-10,14-15H2,1-5H3. The number of aromatic hydroxyl groups is 1. The lowest BCUT2D eigenvalue weighted by Gasteiger charge is -2.17. The first-order chi connectivity index (χ1) is 15.3. The largest absolute Gasteiger partial charge is 0.507 e. The molecule has 2 aromatic heterocycles. The van der Waals surface area contributed by atoms with E-state index in [1.54, 1.807) is 12.4 Å².